The number of amides is 1. The molecule has 1 aliphatic rings. The van der Waals surface area contributed by atoms with Gasteiger partial charge in [-0.2, -0.15) is 0 Å². The number of aromatic nitrogens is 3. The number of nitrogens with one attached hydrogen (secondary N) is 2. The minimum absolute atomic E-state index is 0.0768. The van der Waals surface area contributed by atoms with Crippen molar-refractivity contribution in [3.63, 3.8) is 0 Å². The molecule has 2 N–H and O–H groups in total. The van der Waals surface area contributed by atoms with E-state index >= 15 is 0 Å². The van der Waals surface area contributed by atoms with Crippen molar-refractivity contribution in [3.05, 3.63) is 12.2 Å². The van der Waals surface area contributed by atoms with Crippen LogP contribution < -0.4 is 10.6 Å². The largest absolute Gasteiger partial charge is 0.349 e. The number of carbonyl (C=O) groups is 1. The molecular weight excluding hydrogens is 218 g/mol. The van der Waals surface area contributed by atoms with Crippen molar-refractivity contribution in [2.24, 2.45) is 11.8 Å². The van der Waals surface area contributed by atoms with E-state index in [1.165, 1.54) is 0 Å². The molecule has 1 aromatic rings. The molecule has 0 radical (unpaired) electrons. The van der Waals surface area contributed by atoms with Gasteiger partial charge in [-0.1, -0.05) is 6.92 Å². The Balaban J connectivity index is 1.88. The molecule has 1 aromatic heterocycles. The van der Waals surface area contributed by atoms with Crippen LogP contribution in [0.5, 0.6) is 0 Å². The molecule has 0 bridgehead atoms. The molecule has 1 aliphatic heterocycles. The smallest absolute Gasteiger partial charge is 0.225 e. The number of carbonyl (C=O) groups excluding carboxylic acids is 1. The van der Waals surface area contributed by atoms with E-state index in [2.05, 4.69) is 27.8 Å². The Morgan fingerprint density at radius 1 is 1.65 bits per heavy atom. The van der Waals surface area contributed by atoms with Gasteiger partial charge in [0.25, 0.3) is 0 Å². The Kier molecular flexibility index (Phi) is 3.73. The SMILES string of the molecule is CCn1cnnc1CNC(=O)C1CNCC1C. The average molecular weight is 237 g/mol. The molecule has 6 heteroatoms. The van der Waals surface area contributed by atoms with Crippen LogP contribution in [0.4, 0.5) is 0 Å². The van der Waals surface area contributed by atoms with Crippen molar-refractivity contribution in [1.29, 1.82) is 0 Å². The van der Waals surface area contributed by atoms with E-state index in [0.29, 0.717) is 12.5 Å². The van der Waals surface area contributed by atoms with E-state index in [1.807, 2.05) is 11.5 Å². The molecule has 2 heterocycles. The Bertz CT molecular complexity index is 389. The van der Waals surface area contributed by atoms with Crippen molar-refractivity contribution >= 4 is 5.91 Å². The first-order valence-electron chi connectivity index (χ1n) is 6.07. The summed E-state index contributed by atoms with van der Waals surface area (Å²) in [5.41, 5.74) is 0. The van der Waals surface area contributed by atoms with Crippen LogP contribution in [0.15, 0.2) is 6.33 Å². The number of rotatable bonds is 4. The molecule has 6 nitrogen and oxygen atoms in total. The van der Waals surface area contributed by atoms with Crippen molar-refractivity contribution in [2.45, 2.75) is 26.9 Å². The predicted octanol–water partition coefficient (Wildman–Crippen LogP) is -0.230. The number of hydrogen-bond donors (Lipinski definition) is 2. The fourth-order valence-electron chi connectivity index (χ4n) is 2.14. The minimum atomic E-state index is 0.0768. The summed E-state index contributed by atoms with van der Waals surface area (Å²) in [5, 5.41) is 14.0. The lowest BCUT2D eigenvalue weighted by atomic mass is 9.97. The van der Waals surface area contributed by atoms with Gasteiger partial charge in [0.05, 0.1) is 12.5 Å². The Hall–Kier alpha value is -1.43. The lowest BCUT2D eigenvalue weighted by Crippen LogP contribution is -2.34. The highest BCUT2D eigenvalue weighted by molar-refractivity contribution is 5.79. The van der Waals surface area contributed by atoms with Crippen LogP contribution in [0.1, 0.15) is 19.7 Å². The van der Waals surface area contributed by atoms with Gasteiger partial charge in [-0.3, -0.25) is 4.79 Å². The molecular formula is C11H19N5O. The van der Waals surface area contributed by atoms with Gasteiger partial charge in [-0.25, -0.2) is 0 Å². The number of aryl methyl sites for hydroxylation is 1. The predicted molar refractivity (Wildman–Crippen MR) is 63.1 cm³/mol. The van der Waals surface area contributed by atoms with Crippen LogP contribution in [-0.4, -0.2) is 33.8 Å². The lowest BCUT2D eigenvalue weighted by molar-refractivity contribution is -0.125. The van der Waals surface area contributed by atoms with Crippen molar-refractivity contribution in [3.8, 4) is 0 Å². The third-order valence-corrected chi connectivity index (χ3v) is 3.31. The second-order valence-corrected chi connectivity index (χ2v) is 4.49. The van der Waals surface area contributed by atoms with E-state index in [1.54, 1.807) is 6.33 Å². The number of hydrogen-bond acceptors (Lipinski definition) is 4. The van der Waals surface area contributed by atoms with Gasteiger partial charge < -0.3 is 15.2 Å². The summed E-state index contributed by atoms with van der Waals surface area (Å²) in [5.74, 6) is 1.39. The molecule has 0 spiro atoms. The Labute approximate surface area is 101 Å². The first kappa shape index (κ1) is 12.0. The maximum Gasteiger partial charge on any atom is 0.225 e. The van der Waals surface area contributed by atoms with Crippen LogP contribution in [0.3, 0.4) is 0 Å². The topological polar surface area (TPSA) is 71.8 Å². The fraction of sp³-hybridized carbons (Fsp3) is 0.727. The summed E-state index contributed by atoms with van der Waals surface area (Å²) in [4.78, 5) is 11.9. The molecule has 0 aliphatic carbocycles. The molecule has 1 fully saturated rings. The van der Waals surface area contributed by atoms with E-state index < -0.39 is 0 Å². The molecule has 94 valence electrons. The molecule has 0 aromatic carbocycles. The monoisotopic (exact) mass is 237 g/mol. The van der Waals surface area contributed by atoms with E-state index in [4.69, 9.17) is 0 Å². The first-order valence-corrected chi connectivity index (χ1v) is 6.07. The highest BCUT2D eigenvalue weighted by atomic mass is 16.1. The molecule has 0 saturated carbocycles. The third-order valence-electron chi connectivity index (χ3n) is 3.31. The second-order valence-electron chi connectivity index (χ2n) is 4.49. The number of nitrogens with zero attached hydrogens (tertiary/aromatic N) is 3. The maximum absolute atomic E-state index is 11.9. The second kappa shape index (κ2) is 5.27. The van der Waals surface area contributed by atoms with Gasteiger partial charge in [0, 0.05) is 13.1 Å². The summed E-state index contributed by atoms with van der Waals surface area (Å²) in [6.45, 7) is 7.09. The van der Waals surface area contributed by atoms with Gasteiger partial charge in [0.2, 0.25) is 5.91 Å². The highest BCUT2D eigenvalue weighted by Gasteiger charge is 2.29. The highest BCUT2D eigenvalue weighted by Crippen LogP contribution is 2.15. The van der Waals surface area contributed by atoms with Crippen LogP contribution in [0.2, 0.25) is 0 Å². The molecule has 1 amide bonds. The minimum Gasteiger partial charge on any atom is -0.349 e. The van der Waals surface area contributed by atoms with E-state index in [9.17, 15) is 4.79 Å². The van der Waals surface area contributed by atoms with Gasteiger partial charge in [0.1, 0.15) is 6.33 Å². The van der Waals surface area contributed by atoms with Crippen molar-refractivity contribution in [2.75, 3.05) is 13.1 Å². The Morgan fingerprint density at radius 2 is 2.47 bits per heavy atom. The van der Waals surface area contributed by atoms with Crippen LogP contribution in [0, 0.1) is 11.8 Å². The zero-order chi connectivity index (χ0) is 12.3. The quantitative estimate of drug-likeness (QED) is 0.759. The fourth-order valence-corrected chi connectivity index (χ4v) is 2.14. The van der Waals surface area contributed by atoms with Crippen LogP contribution >= 0.6 is 0 Å². The summed E-state index contributed by atoms with van der Waals surface area (Å²) in [6, 6.07) is 0. The maximum atomic E-state index is 11.9. The average Bonchev–Trinajstić information content (AvgIpc) is 2.94. The lowest BCUT2D eigenvalue weighted by Gasteiger charge is -2.13. The molecule has 2 unspecified atom stereocenters. The summed E-state index contributed by atoms with van der Waals surface area (Å²) >= 11 is 0. The summed E-state index contributed by atoms with van der Waals surface area (Å²) in [7, 11) is 0. The van der Waals surface area contributed by atoms with Gasteiger partial charge in [0.15, 0.2) is 5.82 Å². The van der Waals surface area contributed by atoms with Gasteiger partial charge >= 0.3 is 0 Å². The molecule has 17 heavy (non-hydrogen) atoms. The molecule has 2 rings (SSSR count). The zero-order valence-corrected chi connectivity index (χ0v) is 10.3. The van der Waals surface area contributed by atoms with Crippen molar-refractivity contribution < 1.29 is 4.79 Å². The summed E-state index contributed by atoms with van der Waals surface area (Å²) in [6.07, 6.45) is 1.68. The van der Waals surface area contributed by atoms with E-state index in [0.717, 1.165) is 25.5 Å². The molecule has 1 saturated heterocycles. The van der Waals surface area contributed by atoms with E-state index in [-0.39, 0.29) is 11.8 Å². The standard InChI is InChI=1S/C11H19N5O/c1-3-16-7-14-15-10(16)6-13-11(17)9-5-12-4-8(9)2/h7-9,12H,3-6H2,1-2H3,(H,13,17). The zero-order valence-electron chi connectivity index (χ0n) is 10.3. The normalized spacial score (nSPS) is 23.9. The van der Waals surface area contributed by atoms with Gasteiger partial charge in [-0.05, 0) is 19.4 Å². The van der Waals surface area contributed by atoms with Crippen molar-refractivity contribution in [1.82, 2.24) is 25.4 Å². The van der Waals surface area contributed by atoms with Crippen LogP contribution in [-0.2, 0) is 17.9 Å². The van der Waals surface area contributed by atoms with Crippen LogP contribution in [0.25, 0.3) is 0 Å². The first-order chi connectivity index (χ1) is 8.22. The molecule has 2 atom stereocenters. The Morgan fingerprint density at radius 3 is 3.12 bits per heavy atom. The third kappa shape index (κ3) is 2.63. The summed E-state index contributed by atoms with van der Waals surface area (Å²) < 4.78 is 1.93. The van der Waals surface area contributed by atoms with Gasteiger partial charge in [-0.15, -0.1) is 10.2 Å².